The molecule has 1 aromatic carbocycles. The SMILES string of the molecule is CCOCCN(CCCC(=O)OC(C)(C)C)c1ccc(Br)cc1C=O. The van der Waals surface area contributed by atoms with E-state index >= 15 is 0 Å². The number of esters is 1. The number of benzene rings is 1. The molecular weight excluding hydrogens is 386 g/mol. The fraction of sp³-hybridized carbons (Fsp3) is 0.579. The molecule has 0 fully saturated rings. The van der Waals surface area contributed by atoms with E-state index in [4.69, 9.17) is 9.47 Å². The minimum Gasteiger partial charge on any atom is -0.460 e. The Bertz CT molecular complexity index is 569. The number of halogens is 1. The zero-order chi connectivity index (χ0) is 18.9. The zero-order valence-electron chi connectivity index (χ0n) is 15.5. The van der Waals surface area contributed by atoms with E-state index in [1.54, 1.807) is 6.07 Å². The summed E-state index contributed by atoms with van der Waals surface area (Å²) >= 11 is 3.39. The molecule has 140 valence electrons. The molecule has 0 saturated carbocycles. The molecule has 0 aliphatic carbocycles. The summed E-state index contributed by atoms with van der Waals surface area (Å²) in [7, 11) is 0. The Balaban J connectivity index is 2.74. The van der Waals surface area contributed by atoms with Crippen molar-refractivity contribution in [2.45, 2.75) is 46.1 Å². The molecule has 0 aliphatic heterocycles. The van der Waals surface area contributed by atoms with Crippen LogP contribution in [0, 0.1) is 0 Å². The third-order valence-corrected chi connectivity index (χ3v) is 3.89. The van der Waals surface area contributed by atoms with Crippen LogP contribution in [0.15, 0.2) is 22.7 Å². The number of nitrogens with zero attached hydrogens (tertiary/aromatic N) is 1. The van der Waals surface area contributed by atoms with Gasteiger partial charge in [0.1, 0.15) is 5.60 Å². The second-order valence-corrected chi connectivity index (χ2v) is 7.61. The summed E-state index contributed by atoms with van der Waals surface area (Å²) in [4.78, 5) is 25.4. The van der Waals surface area contributed by atoms with Gasteiger partial charge in [-0.3, -0.25) is 9.59 Å². The summed E-state index contributed by atoms with van der Waals surface area (Å²) in [5.41, 5.74) is 0.993. The summed E-state index contributed by atoms with van der Waals surface area (Å²) in [6.07, 6.45) is 1.84. The standard InChI is InChI=1S/C19H28BrNO4/c1-5-24-12-11-21(10-6-7-18(23)25-19(2,3)4)17-9-8-16(20)13-15(17)14-22/h8-9,13-14H,5-7,10-12H2,1-4H3. The van der Waals surface area contributed by atoms with E-state index < -0.39 is 5.60 Å². The van der Waals surface area contributed by atoms with Crippen LogP contribution in [0.3, 0.4) is 0 Å². The highest BCUT2D eigenvalue weighted by molar-refractivity contribution is 9.10. The monoisotopic (exact) mass is 413 g/mol. The first-order valence-corrected chi connectivity index (χ1v) is 9.35. The number of aldehydes is 1. The fourth-order valence-electron chi connectivity index (χ4n) is 2.39. The quantitative estimate of drug-likeness (QED) is 0.326. The highest BCUT2D eigenvalue weighted by atomic mass is 79.9. The summed E-state index contributed by atoms with van der Waals surface area (Å²) in [5, 5.41) is 0. The summed E-state index contributed by atoms with van der Waals surface area (Å²) in [5.74, 6) is -0.205. The largest absolute Gasteiger partial charge is 0.460 e. The van der Waals surface area contributed by atoms with Crippen molar-refractivity contribution in [2.75, 3.05) is 31.2 Å². The number of anilines is 1. The lowest BCUT2D eigenvalue weighted by Gasteiger charge is -2.26. The maximum Gasteiger partial charge on any atom is 0.306 e. The third kappa shape index (κ3) is 8.50. The lowest BCUT2D eigenvalue weighted by atomic mass is 10.1. The van der Waals surface area contributed by atoms with Gasteiger partial charge in [-0.1, -0.05) is 15.9 Å². The van der Waals surface area contributed by atoms with Gasteiger partial charge >= 0.3 is 5.97 Å². The molecule has 6 heteroatoms. The zero-order valence-corrected chi connectivity index (χ0v) is 17.1. The number of hydrogen-bond donors (Lipinski definition) is 0. The molecule has 1 aromatic rings. The maximum absolute atomic E-state index is 11.9. The van der Waals surface area contributed by atoms with Crippen LogP contribution in [-0.4, -0.2) is 44.2 Å². The molecular formula is C19H28BrNO4. The fourth-order valence-corrected chi connectivity index (χ4v) is 2.77. The van der Waals surface area contributed by atoms with Crippen molar-refractivity contribution in [1.29, 1.82) is 0 Å². The number of hydrogen-bond acceptors (Lipinski definition) is 5. The average molecular weight is 414 g/mol. The minimum absolute atomic E-state index is 0.205. The molecule has 0 unspecified atom stereocenters. The van der Waals surface area contributed by atoms with E-state index in [1.165, 1.54) is 0 Å². The lowest BCUT2D eigenvalue weighted by molar-refractivity contribution is -0.154. The predicted molar refractivity (Wildman–Crippen MR) is 103 cm³/mol. The Hall–Kier alpha value is -1.40. The topological polar surface area (TPSA) is 55.8 Å². The van der Waals surface area contributed by atoms with Crippen molar-refractivity contribution in [2.24, 2.45) is 0 Å². The Labute approximate surface area is 158 Å². The van der Waals surface area contributed by atoms with Crippen LogP contribution in [0.25, 0.3) is 0 Å². The summed E-state index contributed by atoms with van der Waals surface area (Å²) < 4.78 is 11.6. The molecule has 0 atom stereocenters. The van der Waals surface area contributed by atoms with Gasteiger partial charge in [0.2, 0.25) is 0 Å². The Morgan fingerprint density at radius 2 is 2.00 bits per heavy atom. The van der Waals surface area contributed by atoms with Gasteiger partial charge in [0.15, 0.2) is 6.29 Å². The van der Waals surface area contributed by atoms with Gasteiger partial charge in [-0.25, -0.2) is 0 Å². The summed E-state index contributed by atoms with van der Waals surface area (Å²) in [6, 6.07) is 5.61. The highest BCUT2D eigenvalue weighted by Gasteiger charge is 2.17. The van der Waals surface area contributed by atoms with E-state index in [2.05, 4.69) is 20.8 Å². The molecule has 25 heavy (non-hydrogen) atoms. The minimum atomic E-state index is -0.470. The first-order valence-electron chi connectivity index (χ1n) is 8.56. The Morgan fingerprint density at radius 1 is 1.28 bits per heavy atom. The summed E-state index contributed by atoms with van der Waals surface area (Å²) in [6.45, 7) is 10.0. The first kappa shape index (κ1) is 21.6. The lowest BCUT2D eigenvalue weighted by Crippen LogP contribution is -2.30. The van der Waals surface area contributed by atoms with E-state index in [0.29, 0.717) is 44.7 Å². The van der Waals surface area contributed by atoms with Crippen LogP contribution < -0.4 is 4.90 Å². The second-order valence-electron chi connectivity index (χ2n) is 6.69. The van der Waals surface area contributed by atoms with E-state index in [0.717, 1.165) is 16.4 Å². The molecule has 0 amide bonds. The number of ether oxygens (including phenoxy) is 2. The molecule has 1 rings (SSSR count). The molecule has 5 nitrogen and oxygen atoms in total. The van der Waals surface area contributed by atoms with Gasteiger partial charge in [-0.2, -0.15) is 0 Å². The predicted octanol–water partition coefficient (Wildman–Crippen LogP) is 4.23. The molecule has 0 N–H and O–H groups in total. The van der Waals surface area contributed by atoms with E-state index in [1.807, 2.05) is 39.8 Å². The van der Waals surface area contributed by atoms with Gasteiger partial charge < -0.3 is 14.4 Å². The number of rotatable bonds is 10. The van der Waals surface area contributed by atoms with Crippen molar-refractivity contribution >= 4 is 33.9 Å². The molecule has 0 aromatic heterocycles. The maximum atomic E-state index is 11.9. The second kappa shape index (κ2) is 10.6. The van der Waals surface area contributed by atoms with Gasteiger partial charge in [-0.15, -0.1) is 0 Å². The Kier molecular flexibility index (Phi) is 9.14. The van der Waals surface area contributed by atoms with Gasteiger partial charge in [0.25, 0.3) is 0 Å². The molecule has 0 saturated heterocycles. The molecule has 0 aliphatic rings. The van der Waals surface area contributed by atoms with Crippen molar-refractivity contribution < 1.29 is 19.1 Å². The van der Waals surface area contributed by atoms with Gasteiger partial charge in [-0.05, 0) is 52.3 Å². The smallest absolute Gasteiger partial charge is 0.306 e. The van der Waals surface area contributed by atoms with Crippen LogP contribution in [0.1, 0.15) is 50.9 Å². The van der Waals surface area contributed by atoms with E-state index in [9.17, 15) is 9.59 Å². The van der Waals surface area contributed by atoms with Gasteiger partial charge in [0.05, 0.1) is 6.61 Å². The van der Waals surface area contributed by atoms with Crippen molar-refractivity contribution in [3.63, 3.8) is 0 Å². The normalized spacial score (nSPS) is 11.2. The van der Waals surface area contributed by atoms with Crippen molar-refractivity contribution in [3.8, 4) is 0 Å². The van der Waals surface area contributed by atoms with E-state index in [-0.39, 0.29) is 5.97 Å². The molecule has 0 heterocycles. The van der Waals surface area contributed by atoms with Crippen LogP contribution in [0.4, 0.5) is 5.69 Å². The first-order chi connectivity index (χ1) is 11.8. The Morgan fingerprint density at radius 3 is 2.60 bits per heavy atom. The van der Waals surface area contributed by atoms with Crippen LogP contribution in [-0.2, 0) is 14.3 Å². The molecule has 0 radical (unpaired) electrons. The van der Waals surface area contributed by atoms with Crippen LogP contribution in [0.2, 0.25) is 0 Å². The molecule has 0 spiro atoms. The third-order valence-electron chi connectivity index (χ3n) is 3.40. The number of carbonyl (C=O) groups excluding carboxylic acids is 2. The van der Waals surface area contributed by atoms with Crippen LogP contribution >= 0.6 is 15.9 Å². The molecule has 0 bridgehead atoms. The average Bonchev–Trinajstić information content (AvgIpc) is 2.52. The van der Waals surface area contributed by atoms with Gasteiger partial charge in [0, 0.05) is 41.8 Å². The van der Waals surface area contributed by atoms with Crippen LogP contribution in [0.5, 0.6) is 0 Å². The number of carbonyl (C=O) groups is 2. The van der Waals surface area contributed by atoms with Crippen molar-refractivity contribution in [3.05, 3.63) is 28.2 Å². The van der Waals surface area contributed by atoms with Crippen molar-refractivity contribution in [1.82, 2.24) is 0 Å². The highest BCUT2D eigenvalue weighted by Crippen LogP contribution is 2.24.